The minimum Gasteiger partial charge on any atom is -0.327 e. The number of hydrogen-bond acceptors (Lipinski definition) is 3. The smallest absolute Gasteiger partial charge is 0.0701 e. The van der Waals surface area contributed by atoms with Crippen LogP contribution in [0.5, 0.6) is 0 Å². The van der Waals surface area contributed by atoms with Crippen molar-refractivity contribution in [1.29, 1.82) is 0 Å². The van der Waals surface area contributed by atoms with Crippen LogP contribution in [0.1, 0.15) is 24.1 Å². The third-order valence-corrected chi connectivity index (χ3v) is 4.68. The molecular weight excluding hydrogens is 272 g/mol. The molecule has 1 fully saturated rings. The first-order valence-corrected chi connectivity index (χ1v) is 7.07. The van der Waals surface area contributed by atoms with Gasteiger partial charge in [-0.3, -0.25) is 0 Å². The standard InChI is InChI=1S/C11H17BrN2S/c12-11-5-4-9(15-11)7-14-6-8-2-1-3-10(8)13/h4-5,8,10,14H,1-3,6-7,13H2. The highest BCUT2D eigenvalue weighted by molar-refractivity contribution is 9.11. The molecule has 3 N–H and O–H groups in total. The maximum absolute atomic E-state index is 6.02. The minimum atomic E-state index is 0.424. The number of hydrogen-bond donors (Lipinski definition) is 2. The van der Waals surface area contributed by atoms with Crippen molar-refractivity contribution in [1.82, 2.24) is 5.32 Å². The summed E-state index contributed by atoms with van der Waals surface area (Å²) < 4.78 is 1.21. The number of rotatable bonds is 4. The lowest BCUT2D eigenvalue weighted by Gasteiger charge is -2.15. The topological polar surface area (TPSA) is 38.0 Å². The lowest BCUT2D eigenvalue weighted by molar-refractivity contribution is 0.443. The zero-order chi connectivity index (χ0) is 10.7. The van der Waals surface area contributed by atoms with Gasteiger partial charge in [-0.25, -0.2) is 0 Å². The Labute approximate surface area is 103 Å². The van der Waals surface area contributed by atoms with Crippen LogP contribution in [0, 0.1) is 5.92 Å². The summed E-state index contributed by atoms with van der Waals surface area (Å²) in [6.07, 6.45) is 3.80. The molecule has 84 valence electrons. The van der Waals surface area contributed by atoms with Gasteiger partial charge in [0.1, 0.15) is 0 Å². The Morgan fingerprint density at radius 3 is 2.93 bits per heavy atom. The molecule has 0 aliphatic heterocycles. The summed E-state index contributed by atoms with van der Waals surface area (Å²) in [5.74, 6) is 0.688. The predicted octanol–water partition coefficient (Wildman–Crippen LogP) is 2.73. The Bertz CT molecular complexity index is 313. The Hall–Kier alpha value is 0.1000. The highest BCUT2D eigenvalue weighted by Gasteiger charge is 2.22. The average molecular weight is 289 g/mol. The van der Waals surface area contributed by atoms with E-state index in [0.717, 1.165) is 13.1 Å². The van der Waals surface area contributed by atoms with Gasteiger partial charge in [0.2, 0.25) is 0 Å². The van der Waals surface area contributed by atoms with Crippen LogP contribution in [0.25, 0.3) is 0 Å². The van der Waals surface area contributed by atoms with Gasteiger partial charge < -0.3 is 11.1 Å². The summed E-state index contributed by atoms with van der Waals surface area (Å²) in [5, 5.41) is 3.50. The SMILES string of the molecule is NC1CCCC1CNCc1ccc(Br)s1. The third kappa shape index (κ3) is 3.28. The molecule has 2 rings (SSSR count). The van der Waals surface area contributed by atoms with Gasteiger partial charge in [-0.1, -0.05) is 6.42 Å². The van der Waals surface area contributed by atoms with Crippen LogP contribution in [-0.2, 0) is 6.54 Å². The van der Waals surface area contributed by atoms with E-state index in [1.807, 2.05) is 0 Å². The molecule has 1 aromatic rings. The first kappa shape index (κ1) is 11.6. The molecule has 0 spiro atoms. The van der Waals surface area contributed by atoms with E-state index in [2.05, 4.69) is 33.4 Å². The van der Waals surface area contributed by atoms with Gasteiger partial charge in [0, 0.05) is 17.5 Å². The molecule has 0 amide bonds. The second kappa shape index (κ2) is 5.43. The van der Waals surface area contributed by atoms with Crippen molar-refractivity contribution >= 4 is 27.3 Å². The summed E-state index contributed by atoms with van der Waals surface area (Å²) in [5.41, 5.74) is 6.02. The summed E-state index contributed by atoms with van der Waals surface area (Å²) >= 11 is 5.26. The van der Waals surface area contributed by atoms with E-state index in [-0.39, 0.29) is 0 Å². The fourth-order valence-corrected chi connectivity index (χ4v) is 3.60. The van der Waals surface area contributed by atoms with Crippen molar-refractivity contribution in [2.45, 2.75) is 31.8 Å². The lowest BCUT2D eigenvalue weighted by atomic mass is 10.1. The second-order valence-electron chi connectivity index (χ2n) is 4.19. The van der Waals surface area contributed by atoms with Gasteiger partial charge in [-0.15, -0.1) is 11.3 Å². The number of nitrogens with two attached hydrogens (primary N) is 1. The average Bonchev–Trinajstić information content (AvgIpc) is 2.77. The van der Waals surface area contributed by atoms with Crippen LogP contribution in [0.2, 0.25) is 0 Å². The van der Waals surface area contributed by atoms with E-state index < -0.39 is 0 Å². The van der Waals surface area contributed by atoms with Gasteiger partial charge >= 0.3 is 0 Å². The fraction of sp³-hybridized carbons (Fsp3) is 0.636. The normalized spacial score (nSPS) is 26.0. The number of thiophene rings is 1. The Kier molecular flexibility index (Phi) is 4.20. The summed E-state index contributed by atoms with van der Waals surface area (Å²) in [6, 6.07) is 4.69. The van der Waals surface area contributed by atoms with Gasteiger partial charge in [-0.2, -0.15) is 0 Å². The number of halogens is 1. The van der Waals surface area contributed by atoms with Crippen LogP contribution in [0.3, 0.4) is 0 Å². The summed E-state index contributed by atoms with van der Waals surface area (Å²) in [6.45, 7) is 2.04. The fourth-order valence-electron chi connectivity index (χ4n) is 2.15. The Morgan fingerprint density at radius 1 is 1.47 bits per heavy atom. The molecule has 15 heavy (non-hydrogen) atoms. The van der Waals surface area contributed by atoms with Crippen LogP contribution >= 0.6 is 27.3 Å². The molecule has 1 aliphatic carbocycles. The van der Waals surface area contributed by atoms with Crippen molar-refractivity contribution in [3.8, 4) is 0 Å². The molecule has 0 saturated heterocycles. The van der Waals surface area contributed by atoms with E-state index >= 15 is 0 Å². The second-order valence-corrected chi connectivity index (χ2v) is 6.74. The van der Waals surface area contributed by atoms with E-state index in [0.29, 0.717) is 12.0 Å². The largest absolute Gasteiger partial charge is 0.327 e. The van der Waals surface area contributed by atoms with Crippen LogP contribution < -0.4 is 11.1 Å². The van der Waals surface area contributed by atoms with Crippen molar-refractivity contribution in [3.05, 3.63) is 20.8 Å². The molecule has 1 saturated carbocycles. The van der Waals surface area contributed by atoms with Gasteiger partial charge in [0.15, 0.2) is 0 Å². The van der Waals surface area contributed by atoms with Gasteiger partial charge in [0.05, 0.1) is 3.79 Å². The van der Waals surface area contributed by atoms with E-state index in [4.69, 9.17) is 5.73 Å². The minimum absolute atomic E-state index is 0.424. The van der Waals surface area contributed by atoms with Crippen LogP contribution in [-0.4, -0.2) is 12.6 Å². The quantitative estimate of drug-likeness (QED) is 0.894. The molecule has 2 nitrogen and oxygen atoms in total. The van der Waals surface area contributed by atoms with Gasteiger partial charge in [-0.05, 0) is 53.4 Å². The van der Waals surface area contributed by atoms with Crippen molar-refractivity contribution in [3.63, 3.8) is 0 Å². The zero-order valence-corrected chi connectivity index (χ0v) is 11.1. The molecule has 2 unspecified atom stereocenters. The molecule has 4 heteroatoms. The maximum Gasteiger partial charge on any atom is 0.0701 e. The van der Waals surface area contributed by atoms with Crippen molar-refractivity contribution in [2.24, 2.45) is 11.7 Å². The molecule has 0 aromatic carbocycles. The monoisotopic (exact) mass is 288 g/mol. The van der Waals surface area contributed by atoms with E-state index in [1.165, 1.54) is 27.9 Å². The zero-order valence-electron chi connectivity index (χ0n) is 8.71. The Balaban J connectivity index is 1.70. The molecule has 2 atom stereocenters. The maximum atomic E-state index is 6.02. The molecular formula is C11H17BrN2S. The van der Waals surface area contributed by atoms with Crippen LogP contribution in [0.15, 0.2) is 15.9 Å². The molecule has 1 aliphatic rings. The predicted molar refractivity (Wildman–Crippen MR) is 69.0 cm³/mol. The highest BCUT2D eigenvalue weighted by atomic mass is 79.9. The van der Waals surface area contributed by atoms with E-state index in [1.54, 1.807) is 11.3 Å². The highest BCUT2D eigenvalue weighted by Crippen LogP contribution is 2.24. The number of nitrogens with one attached hydrogen (secondary N) is 1. The van der Waals surface area contributed by atoms with Crippen LogP contribution in [0.4, 0.5) is 0 Å². The van der Waals surface area contributed by atoms with Crippen molar-refractivity contribution in [2.75, 3.05) is 6.54 Å². The Morgan fingerprint density at radius 2 is 2.33 bits per heavy atom. The van der Waals surface area contributed by atoms with Gasteiger partial charge in [0.25, 0.3) is 0 Å². The lowest BCUT2D eigenvalue weighted by Crippen LogP contribution is -2.32. The molecule has 1 heterocycles. The first-order chi connectivity index (χ1) is 7.25. The molecule has 0 bridgehead atoms. The summed E-state index contributed by atoms with van der Waals surface area (Å²) in [4.78, 5) is 1.38. The first-order valence-electron chi connectivity index (χ1n) is 5.46. The molecule has 0 radical (unpaired) electrons. The van der Waals surface area contributed by atoms with Crippen molar-refractivity contribution < 1.29 is 0 Å². The van der Waals surface area contributed by atoms with E-state index in [9.17, 15) is 0 Å². The molecule has 1 aromatic heterocycles. The third-order valence-electron chi connectivity index (χ3n) is 3.05. The summed E-state index contributed by atoms with van der Waals surface area (Å²) in [7, 11) is 0.